The second-order valence-electron chi connectivity index (χ2n) is 5.75. The molecule has 0 aliphatic heterocycles. The van der Waals surface area contributed by atoms with Crippen LogP contribution in [0.5, 0.6) is 0 Å². The van der Waals surface area contributed by atoms with Crippen molar-refractivity contribution in [3.05, 3.63) is 28.8 Å². The Morgan fingerprint density at radius 1 is 1.37 bits per heavy atom. The fourth-order valence-electron chi connectivity index (χ4n) is 2.31. The first-order valence-electron chi connectivity index (χ1n) is 7.37. The molecule has 1 aromatic rings. The molecule has 1 N–H and O–H groups in total. The maximum absolute atomic E-state index is 6.40. The van der Waals surface area contributed by atoms with Crippen LogP contribution in [-0.4, -0.2) is 19.1 Å². The zero-order valence-electron chi connectivity index (χ0n) is 12.2. The van der Waals surface area contributed by atoms with E-state index in [1.165, 1.54) is 30.6 Å². The van der Waals surface area contributed by atoms with Crippen molar-refractivity contribution in [2.75, 3.05) is 18.0 Å². The van der Waals surface area contributed by atoms with Crippen LogP contribution in [0.2, 0.25) is 5.02 Å². The van der Waals surface area contributed by atoms with Gasteiger partial charge in [0, 0.05) is 29.8 Å². The van der Waals surface area contributed by atoms with Gasteiger partial charge in [-0.2, -0.15) is 0 Å². The molecule has 1 fully saturated rings. The topological polar surface area (TPSA) is 15.3 Å². The van der Waals surface area contributed by atoms with Crippen LogP contribution in [0.25, 0.3) is 0 Å². The third kappa shape index (κ3) is 4.12. The largest absolute Gasteiger partial charge is 0.369 e. The van der Waals surface area contributed by atoms with Gasteiger partial charge in [0.25, 0.3) is 0 Å². The lowest BCUT2D eigenvalue weighted by Crippen LogP contribution is -2.32. The van der Waals surface area contributed by atoms with Crippen LogP contribution >= 0.6 is 11.6 Å². The summed E-state index contributed by atoms with van der Waals surface area (Å²) in [5.41, 5.74) is 2.44. The summed E-state index contributed by atoms with van der Waals surface area (Å²) in [5.74, 6) is 0.891. The van der Waals surface area contributed by atoms with Crippen molar-refractivity contribution in [1.29, 1.82) is 0 Å². The Hall–Kier alpha value is -0.730. The molecule has 2 rings (SSSR count). The van der Waals surface area contributed by atoms with Crippen molar-refractivity contribution >= 4 is 17.3 Å². The number of rotatable bonds is 7. The molecule has 19 heavy (non-hydrogen) atoms. The van der Waals surface area contributed by atoms with Gasteiger partial charge in [-0.15, -0.1) is 0 Å². The third-order valence-corrected chi connectivity index (χ3v) is 4.06. The van der Waals surface area contributed by atoms with Crippen LogP contribution in [0, 0.1) is 5.92 Å². The van der Waals surface area contributed by atoms with E-state index in [0.717, 1.165) is 24.0 Å². The van der Waals surface area contributed by atoms with Crippen LogP contribution in [-0.2, 0) is 6.54 Å². The number of hydrogen-bond donors (Lipinski definition) is 1. The summed E-state index contributed by atoms with van der Waals surface area (Å²) in [6.45, 7) is 9.60. The average molecular weight is 281 g/mol. The highest BCUT2D eigenvalue weighted by Crippen LogP contribution is 2.33. The predicted octanol–water partition coefficient (Wildman–Crippen LogP) is 4.07. The highest BCUT2D eigenvalue weighted by Gasteiger charge is 2.25. The second-order valence-corrected chi connectivity index (χ2v) is 6.15. The number of hydrogen-bond acceptors (Lipinski definition) is 2. The van der Waals surface area contributed by atoms with E-state index in [9.17, 15) is 0 Å². The lowest BCUT2D eigenvalue weighted by molar-refractivity contribution is 0.644. The molecular weight excluding hydrogens is 256 g/mol. The number of nitrogens with zero attached hydrogens (tertiary/aromatic N) is 1. The Labute approximate surface area is 122 Å². The monoisotopic (exact) mass is 280 g/mol. The van der Waals surface area contributed by atoms with Crippen molar-refractivity contribution in [3.8, 4) is 0 Å². The van der Waals surface area contributed by atoms with Gasteiger partial charge in [0.05, 0.1) is 0 Å². The van der Waals surface area contributed by atoms with E-state index in [2.05, 4.69) is 49.2 Å². The smallest absolute Gasteiger partial charge is 0.0471 e. The van der Waals surface area contributed by atoms with Crippen LogP contribution in [0.15, 0.2) is 18.2 Å². The first kappa shape index (κ1) is 14.7. The highest BCUT2D eigenvalue weighted by molar-refractivity contribution is 6.31. The van der Waals surface area contributed by atoms with E-state index in [1.807, 2.05) is 0 Å². The SMILES string of the molecule is CCNCc1ccc(N(CC2CC2)C(C)C)cc1Cl. The molecule has 0 heterocycles. The van der Waals surface area contributed by atoms with Gasteiger partial charge >= 0.3 is 0 Å². The van der Waals surface area contributed by atoms with Gasteiger partial charge in [0.2, 0.25) is 0 Å². The van der Waals surface area contributed by atoms with Crippen LogP contribution in [0.1, 0.15) is 39.2 Å². The maximum Gasteiger partial charge on any atom is 0.0471 e. The molecule has 106 valence electrons. The molecule has 2 nitrogen and oxygen atoms in total. The van der Waals surface area contributed by atoms with Gasteiger partial charge in [0.1, 0.15) is 0 Å². The summed E-state index contributed by atoms with van der Waals surface area (Å²) in [6, 6.07) is 7.01. The minimum Gasteiger partial charge on any atom is -0.369 e. The van der Waals surface area contributed by atoms with Gasteiger partial charge in [-0.05, 0) is 56.8 Å². The standard InChI is InChI=1S/C16H25ClN2/c1-4-18-10-14-7-8-15(9-16(14)17)19(12(2)3)11-13-5-6-13/h7-9,12-13,18H,4-6,10-11H2,1-3H3. The molecule has 0 bridgehead atoms. The molecule has 1 aliphatic carbocycles. The first-order chi connectivity index (χ1) is 9.11. The van der Waals surface area contributed by atoms with Crippen molar-refractivity contribution in [2.45, 2.75) is 46.2 Å². The lowest BCUT2D eigenvalue weighted by Gasteiger charge is -2.29. The van der Waals surface area contributed by atoms with Crippen molar-refractivity contribution in [1.82, 2.24) is 5.32 Å². The molecular formula is C16H25ClN2. The van der Waals surface area contributed by atoms with Crippen LogP contribution < -0.4 is 10.2 Å². The Kier molecular flexibility index (Phi) is 5.12. The fourth-order valence-corrected chi connectivity index (χ4v) is 2.55. The minimum absolute atomic E-state index is 0.524. The molecule has 0 amide bonds. The van der Waals surface area contributed by atoms with Gasteiger partial charge in [-0.25, -0.2) is 0 Å². The molecule has 0 aromatic heterocycles. The molecule has 0 spiro atoms. The summed E-state index contributed by atoms with van der Waals surface area (Å²) in [7, 11) is 0. The Bertz CT molecular complexity index is 413. The summed E-state index contributed by atoms with van der Waals surface area (Å²) >= 11 is 6.40. The van der Waals surface area contributed by atoms with E-state index in [4.69, 9.17) is 11.6 Å². The van der Waals surface area contributed by atoms with Gasteiger partial charge in [-0.3, -0.25) is 0 Å². The molecule has 3 heteroatoms. The van der Waals surface area contributed by atoms with Gasteiger partial charge < -0.3 is 10.2 Å². The third-order valence-electron chi connectivity index (χ3n) is 3.71. The molecule has 0 unspecified atom stereocenters. The summed E-state index contributed by atoms with van der Waals surface area (Å²) in [6.07, 6.45) is 2.77. The lowest BCUT2D eigenvalue weighted by atomic mass is 10.1. The van der Waals surface area contributed by atoms with E-state index >= 15 is 0 Å². The molecule has 1 aromatic carbocycles. The van der Waals surface area contributed by atoms with Gasteiger partial charge in [0.15, 0.2) is 0 Å². The maximum atomic E-state index is 6.40. The van der Waals surface area contributed by atoms with Gasteiger partial charge in [-0.1, -0.05) is 24.6 Å². The zero-order chi connectivity index (χ0) is 13.8. The van der Waals surface area contributed by atoms with Crippen molar-refractivity contribution in [2.24, 2.45) is 5.92 Å². The Morgan fingerprint density at radius 3 is 2.63 bits per heavy atom. The fraction of sp³-hybridized carbons (Fsp3) is 0.625. The van der Waals surface area contributed by atoms with Crippen LogP contribution in [0.3, 0.4) is 0 Å². The zero-order valence-corrected chi connectivity index (χ0v) is 13.0. The van der Waals surface area contributed by atoms with E-state index < -0.39 is 0 Å². The first-order valence-corrected chi connectivity index (χ1v) is 7.75. The quantitative estimate of drug-likeness (QED) is 0.810. The Balaban J connectivity index is 2.11. The van der Waals surface area contributed by atoms with E-state index in [0.29, 0.717) is 6.04 Å². The number of benzene rings is 1. The minimum atomic E-state index is 0.524. The summed E-state index contributed by atoms with van der Waals surface area (Å²) in [4.78, 5) is 2.47. The normalized spacial score (nSPS) is 15.0. The molecule has 0 atom stereocenters. The number of halogens is 1. The highest BCUT2D eigenvalue weighted by atomic mass is 35.5. The Morgan fingerprint density at radius 2 is 2.11 bits per heavy atom. The molecule has 1 aliphatic rings. The molecule has 0 radical (unpaired) electrons. The van der Waals surface area contributed by atoms with Crippen molar-refractivity contribution < 1.29 is 0 Å². The molecule has 1 saturated carbocycles. The number of nitrogens with one attached hydrogen (secondary N) is 1. The van der Waals surface area contributed by atoms with E-state index in [-0.39, 0.29) is 0 Å². The van der Waals surface area contributed by atoms with E-state index in [1.54, 1.807) is 0 Å². The summed E-state index contributed by atoms with van der Waals surface area (Å²) in [5, 5.41) is 4.20. The number of anilines is 1. The van der Waals surface area contributed by atoms with Crippen LogP contribution in [0.4, 0.5) is 5.69 Å². The second kappa shape index (κ2) is 6.62. The molecule has 0 saturated heterocycles. The van der Waals surface area contributed by atoms with Crippen molar-refractivity contribution in [3.63, 3.8) is 0 Å². The summed E-state index contributed by atoms with van der Waals surface area (Å²) < 4.78 is 0. The average Bonchev–Trinajstić information content (AvgIpc) is 3.18. The predicted molar refractivity (Wildman–Crippen MR) is 84.0 cm³/mol.